The Morgan fingerprint density at radius 2 is 2.06 bits per heavy atom. The molecule has 0 radical (unpaired) electrons. The molecule has 3 heteroatoms. The molecular weight excluding hydrogens is 354 g/mol. The third-order valence-corrected chi connectivity index (χ3v) is 5.49. The second-order valence-corrected chi connectivity index (χ2v) is 7.52. The van der Waals surface area contributed by atoms with Crippen LogP contribution in [0.1, 0.15) is 56.3 Å². The van der Waals surface area contributed by atoms with E-state index in [9.17, 15) is 0 Å². The van der Waals surface area contributed by atoms with Crippen LogP contribution in [-0.4, -0.2) is 6.54 Å². The molecule has 0 spiro atoms. The predicted molar refractivity (Wildman–Crippen MR) is 85.3 cm³/mol. The average Bonchev–Trinajstić information content (AvgIpc) is 2.55. The molecule has 1 aliphatic carbocycles. The van der Waals surface area contributed by atoms with E-state index in [1.807, 2.05) is 0 Å². The van der Waals surface area contributed by atoms with Crippen LogP contribution in [0.15, 0.2) is 15.0 Å². The SMILES string of the molecule is CCCNC1CC(C)(C)c2c(Br)cc(C)c(Br)c21. The highest BCUT2D eigenvalue weighted by molar-refractivity contribution is 9.11. The Morgan fingerprint density at radius 3 is 2.67 bits per heavy atom. The summed E-state index contributed by atoms with van der Waals surface area (Å²) >= 11 is 7.54. The smallest absolute Gasteiger partial charge is 0.0343 e. The van der Waals surface area contributed by atoms with Crippen LogP contribution >= 0.6 is 31.9 Å². The van der Waals surface area contributed by atoms with Gasteiger partial charge in [-0.2, -0.15) is 0 Å². The van der Waals surface area contributed by atoms with Gasteiger partial charge in [-0.05, 0) is 54.5 Å². The summed E-state index contributed by atoms with van der Waals surface area (Å²) in [5.41, 5.74) is 4.46. The number of rotatable bonds is 3. The van der Waals surface area contributed by atoms with Crippen LogP contribution in [0.25, 0.3) is 0 Å². The molecule has 0 heterocycles. The molecule has 100 valence electrons. The fourth-order valence-electron chi connectivity index (χ4n) is 3.00. The van der Waals surface area contributed by atoms with Gasteiger partial charge in [0.05, 0.1) is 0 Å². The van der Waals surface area contributed by atoms with E-state index in [-0.39, 0.29) is 5.41 Å². The zero-order valence-corrected chi connectivity index (χ0v) is 14.7. The van der Waals surface area contributed by atoms with Gasteiger partial charge in [-0.1, -0.05) is 52.6 Å². The number of halogens is 2. The largest absolute Gasteiger partial charge is 0.310 e. The molecule has 1 N–H and O–H groups in total. The molecule has 1 aromatic rings. The molecule has 1 atom stereocenters. The number of benzene rings is 1. The molecule has 0 fully saturated rings. The molecule has 1 unspecified atom stereocenters. The van der Waals surface area contributed by atoms with E-state index in [2.05, 4.69) is 70.9 Å². The number of hydrogen-bond acceptors (Lipinski definition) is 1. The van der Waals surface area contributed by atoms with Crippen molar-refractivity contribution in [3.8, 4) is 0 Å². The average molecular weight is 375 g/mol. The Morgan fingerprint density at radius 1 is 1.39 bits per heavy atom. The summed E-state index contributed by atoms with van der Waals surface area (Å²) in [6.45, 7) is 10.1. The van der Waals surface area contributed by atoms with Gasteiger partial charge in [0.1, 0.15) is 0 Å². The third kappa shape index (κ3) is 2.41. The normalized spacial score (nSPS) is 21.1. The minimum absolute atomic E-state index is 0.232. The standard InChI is InChI=1S/C15H21Br2N/c1-5-6-18-11-8-15(3,4)13-10(16)7-9(2)14(17)12(11)13/h7,11,18H,5-6,8H2,1-4H3. The second-order valence-electron chi connectivity index (χ2n) is 5.87. The molecule has 0 amide bonds. The Labute approximate surface area is 127 Å². The summed E-state index contributed by atoms with van der Waals surface area (Å²) in [5.74, 6) is 0. The molecule has 0 saturated carbocycles. The Kier molecular flexibility index (Phi) is 4.25. The van der Waals surface area contributed by atoms with E-state index in [1.165, 1.54) is 38.5 Å². The maximum Gasteiger partial charge on any atom is 0.0343 e. The quantitative estimate of drug-likeness (QED) is 0.762. The van der Waals surface area contributed by atoms with E-state index >= 15 is 0 Å². The molecule has 0 bridgehead atoms. The zero-order chi connectivity index (χ0) is 13.5. The van der Waals surface area contributed by atoms with Crippen molar-refractivity contribution in [2.24, 2.45) is 0 Å². The van der Waals surface area contributed by atoms with Gasteiger partial charge in [-0.15, -0.1) is 0 Å². The number of fused-ring (bicyclic) bond motifs is 1. The fraction of sp³-hybridized carbons (Fsp3) is 0.600. The number of aryl methyl sites for hydroxylation is 1. The van der Waals surface area contributed by atoms with Crippen molar-refractivity contribution in [1.82, 2.24) is 5.32 Å². The summed E-state index contributed by atoms with van der Waals surface area (Å²) in [6.07, 6.45) is 2.35. The highest BCUT2D eigenvalue weighted by Crippen LogP contribution is 2.51. The molecule has 0 aromatic heterocycles. The molecular formula is C15H21Br2N. The van der Waals surface area contributed by atoms with Gasteiger partial charge in [0.2, 0.25) is 0 Å². The molecule has 1 aliphatic rings. The first-order valence-corrected chi connectivity index (χ1v) is 8.19. The van der Waals surface area contributed by atoms with E-state index < -0.39 is 0 Å². The van der Waals surface area contributed by atoms with Gasteiger partial charge < -0.3 is 5.32 Å². The lowest BCUT2D eigenvalue weighted by Gasteiger charge is -2.21. The van der Waals surface area contributed by atoms with Gasteiger partial charge in [0.25, 0.3) is 0 Å². The lowest BCUT2D eigenvalue weighted by Crippen LogP contribution is -2.22. The molecule has 18 heavy (non-hydrogen) atoms. The monoisotopic (exact) mass is 373 g/mol. The summed E-state index contributed by atoms with van der Waals surface area (Å²) in [7, 11) is 0. The summed E-state index contributed by atoms with van der Waals surface area (Å²) in [4.78, 5) is 0. The van der Waals surface area contributed by atoms with Crippen molar-refractivity contribution in [2.45, 2.75) is 52.0 Å². The van der Waals surface area contributed by atoms with Crippen LogP contribution in [0.2, 0.25) is 0 Å². The van der Waals surface area contributed by atoms with E-state index in [4.69, 9.17) is 0 Å². The first-order valence-electron chi connectivity index (χ1n) is 6.61. The first kappa shape index (κ1) is 14.5. The van der Waals surface area contributed by atoms with Crippen molar-refractivity contribution in [1.29, 1.82) is 0 Å². The molecule has 1 aromatic carbocycles. The van der Waals surface area contributed by atoms with Crippen LogP contribution < -0.4 is 5.32 Å². The van der Waals surface area contributed by atoms with Crippen molar-refractivity contribution in [2.75, 3.05) is 6.54 Å². The van der Waals surface area contributed by atoms with Gasteiger partial charge in [-0.25, -0.2) is 0 Å². The summed E-state index contributed by atoms with van der Waals surface area (Å²) in [5, 5.41) is 3.69. The lowest BCUT2D eigenvalue weighted by atomic mass is 9.86. The van der Waals surface area contributed by atoms with E-state index in [0.717, 1.165) is 6.54 Å². The predicted octanol–water partition coefficient (Wildman–Crippen LogP) is 5.24. The Balaban J connectivity index is 2.53. The van der Waals surface area contributed by atoms with Crippen LogP contribution in [0.5, 0.6) is 0 Å². The first-order chi connectivity index (χ1) is 8.38. The zero-order valence-electron chi connectivity index (χ0n) is 11.5. The number of nitrogens with one attached hydrogen (secondary N) is 1. The summed E-state index contributed by atoms with van der Waals surface area (Å²) in [6, 6.07) is 2.70. The fourth-order valence-corrected chi connectivity index (χ4v) is 4.68. The highest BCUT2D eigenvalue weighted by atomic mass is 79.9. The summed E-state index contributed by atoms with van der Waals surface area (Å²) < 4.78 is 2.53. The topological polar surface area (TPSA) is 12.0 Å². The number of hydrogen-bond donors (Lipinski definition) is 1. The minimum atomic E-state index is 0.232. The van der Waals surface area contributed by atoms with Gasteiger partial charge in [0.15, 0.2) is 0 Å². The molecule has 0 saturated heterocycles. The second kappa shape index (κ2) is 5.26. The van der Waals surface area contributed by atoms with Crippen molar-refractivity contribution >= 4 is 31.9 Å². The minimum Gasteiger partial charge on any atom is -0.310 e. The van der Waals surface area contributed by atoms with Crippen LogP contribution in [0.3, 0.4) is 0 Å². The Hall–Kier alpha value is 0.140. The van der Waals surface area contributed by atoms with Gasteiger partial charge in [0, 0.05) is 15.0 Å². The van der Waals surface area contributed by atoms with Crippen LogP contribution in [0, 0.1) is 6.92 Å². The maximum atomic E-state index is 3.79. The van der Waals surface area contributed by atoms with Crippen LogP contribution in [0.4, 0.5) is 0 Å². The van der Waals surface area contributed by atoms with Gasteiger partial charge >= 0.3 is 0 Å². The third-order valence-electron chi connectivity index (χ3n) is 3.81. The molecule has 0 aliphatic heterocycles. The Bertz CT molecular complexity index is 466. The van der Waals surface area contributed by atoms with Crippen molar-refractivity contribution < 1.29 is 0 Å². The lowest BCUT2D eigenvalue weighted by molar-refractivity contribution is 0.426. The van der Waals surface area contributed by atoms with Crippen LogP contribution in [-0.2, 0) is 5.41 Å². The van der Waals surface area contributed by atoms with Crippen molar-refractivity contribution in [3.05, 3.63) is 31.7 Å². The van der Waals surface area contributed by atoms with Gasteiger partial charge in [-0.3, -0.25) is 0 Å². The molecule has 1 nitrogen and oxygen atoms in total. The van der Waals surface area contributed by atoms with E-state index in [1.54, 1.807) is 0 Å². The maximum absolute atomic E-state index is 3.79. The van der Waals surface area contributed by atoms with Crippen molar-refractivity contribution in [3.63, 3.8) is 0 Å². The molecule has 2 rings (SSSR count). The highest BCUT2D eigenvalue weighted by Gasteiger charge is 2.39. The van der Waals surface area contributed by atoms with E-state index in [0.29, 0.717) is 6.04 Å².